The fraction of sp³-hybridized carbons (Fsp3) is 0.231. The number of aryl methyl sites for hydroxylation is 2. The molecule has 1 N–H and O–H groups in total. The molecule has 3 aromatic heterocycles. The van der Waals surface area contributed by atoms with Gasteiger partial charge in [0.1, 0.15) is 11.5 Å². The summed E-state index contributed by atoms with van der Waals surface area (Å²) in [6, 6.07) is 20.1. The smallest absolute Gasteiger partial charge is 0.271 e. The summed E-state index contributed by atoms with van der Waals surface area (Å²) >= 11 is 0. The summed E-state index contributed by atoms with van der Waals surface area (Å²) in [5, 5.41) is 30.8. The normalized spacial score (nSPS) is 11.1. The van der Waals surface area contributed by atoms with Crippen LogP contribution in [0.1, 0.15) is 36.8 Å². The molecular formula is C26H26N8O. The zero-order chi connectivity index (χ0) is 24.2. The number of aromatic amines is 1. The standard InChI is InChI=1S/C26H26N8O/c1-3-4-9-25-27-23(24-15-10-18(2)30-34(24)35)17-33(25)16-19-11-13-20(14-12-19)21-7-5-6-8-22(21)26-28-31-32-29-26/h5-8,10-15,17H,3-4,9,16H2,1-2H3,(H,28,29,31,32). The Balaban J connectivity index is 1.43. The molecule has 2 aromatic carbocycles. The van der Waals surface area contributed by atoms with Crippen LogP contribution >= 0.6 is 0 Å². The van der Waals surface area contributed by atoms with Gasteiger partial charge >= 0.3 is 0 Å². The third kappa shape index (κ3) is 4.79. The molecule has 9 nitrogen and oxygen atoms in total. The van der Waals surface area contributed by atoms with Crippen LogP contribution in [0.25, 0.3) is 33.9 Å². The Hall–Kier alpha value is -4.40. The second-order valence-corrected chi connectivity index (χ2v) is 8.48. The maximum absolute atomic E-state index is 12.4. The average Bonchev–Trinajstić information content (AvgIpc) is 3.54. The molecular weight excluding hydrogens is 440 g/mol. The van der Waals surface area contributed by atoms with Crippen molar-refractivity contribution < 1.29 is 4.85 Å². The Morgan fingerprint density at radius 2 is 1.80 bits per heavy atom. The van der Waals surface area contributed by atoms with E-state index in [4.69, 9.17) is 4.98 Å². The number of imidazole rings is 1. The van der Waals surface area contributed by atoms with Crippen LogP contribution in [-0.2, 0) is 13.0 Å². The van der Waals surface area contributed by atoms with Crippen LogP contribution in [0.15, 0.2) is 66.9 Å². The first-order valence-electron chi connectivity index (χ1n) is 11.7. The highest BCUT2D eigenvalue weighted by Gasteiger charge is 2.18. The monoisotopic (exact) mass is 466 g/mol. The quantitative estimate of drug-likeness (QED) is 0.272. The minimum atomic E-state index is 0.459. The zero-order valence-corrected chi connectivity index (χ0v) is 19.7. The molecule has 0 atom stereocenters. The molecule has 0 aliphatic rings. The van der Waals surface area contributed by atoms with E-state index in [9.17, 15) is 5.21 Å². The summed E-state index contributed by atoms with van der Waals surface area (Å²) in [5.41, 5.74) is 5.96. The maximum Gasteiger partial charge on any atom is 0.271 e. The zero-order valence-electron chi connectivity index (χ0n) is 19.7. The van der Waals surface area contributed by atoms with Gasteiger partial charge in [-0.1, -0.05) is 61.9 Å². The summed E-state index contributed by atoms with van der Waals surface area (Å²) in [7, 11) is 0. The van der Waals surface area contributed by atoms with Crippen molar-refractivity contribution in [1.82, 2.24) is 35.3 Å². The molecule has 0 aliphatic heterocycles. The molecule has 0 saturated heterocycles. The molecule has 0 radical (unpaired) electrons. The van der Waals surface area contributed by atoms with Crippen LogP contribution in [-0.4, -0.2) is 35.3 Å². The second-order valence-electron chi connectivity index (χ2n) is 8.48. The molecule has 0 spiro atoms. The predicted octanol–water partition coefficient (Wildman–Crippen LogP) is 4.12. The Bertz CT molecular complexity index is 1420. The number of hydrogen-bond acceptors (Lipinski definition) is 6. The molecule has 9 heteroatoms. The molecule has 5 rings (SSSR count). The van der Waals surface area contributed by atoms with Gasteiger partial charge < -0.3 is 9.77 Å². The number of tetrazole rings is 1. The first-order chi connectivity index (χ1) is 17.1. The van der Waals surface area contributed by atoms with Gasteiger partial charge in [-0.05, 0) is 46.2 Å². The van der Waals surface area contributed by atoms with Gasteiger partial charge in [0.25, 0.3) is 5.69 Å². The number of hydrogen-bond donors (Lipinski definition) is 1. The molecule has 5 aromatic rings. The van der Waals surface area contributed by atoms with E-state index in [2.05, 4.69) is 67.5 Å². The molecule has 176 valence electrons. The van der Waals surface area contributed by atoms with Crippen LogP contribution in [0.2, 0.25) is 0 Å². The van der Waals surface area contributed by atoms with Crippen molar-refractivity contribution in [2.75, 3.05) is 0 Å². The van der Waals surface area contributed by atoms with Gasteiger partial charge in [0.05, 0.1) is 0 Å². The van der Waals surface area contributed by atoms with E-state index in [1.54, 1.807) is 13.0 Å². The lowest BCUT2D eigenvalue weighted by Gasteiger charge is -2.10. The fourth-order valence-corrected chi connectivity index (χ4v) is 4.12. The van der Waals surface area contributed by atoms with E-state index < -0.39 is 0 Å². The van der Waals surface area contributed by atoms with Crippen LogP contribution < -0.4 is 4.85 Å². The summed E-state index contributed by atoms with van der Waals surface area (Å²) < 4.78 is 2.13. The second kappa shape index (κ2) is 9.84. The lowest BCUT2D eigenvalue weighted by atomic mass is 9.98. The Morgan fingerprint density at radius 1 is 1.00 bits per heavy atom. The minimum Gasteiger partial charge on any atom is -0.594 e. The lowest BCUT2D eigenvalue weighted by molar-refractivity contribution is -0.658. The maximum atomic E-state index is 12.4. The molecule has 0 fully saturated rings. The lowest BCUT2D eigenvalue weighted by Crippen LogP contribution is -2.34. The topological polar surface area (TPSA) is 112 Å². The molecule has 35 heavy (non-hydrogen) atoms. The SMILES string of the molecule is CCCCc1nc(-c2ccc(C)n[n+]2[O-])cn1Cc1ccc(-c2ccccc2-c2nn[nH]n2)cc1. The number of nitrogens with one attached hydrogen (secondary N) is 1. The highest BCUT2D eigenvalue weighted by Crippen LogP contribution is 2.30. The Labute approximate surface area is 203 Å². The highest BCUT2D eigenvalue weighted by atomic mass is 16.5. The van der Waals surface area contributed by atoms with Crippen LogP contribution in [0.4, 0.5) is 0 Å². The number of rotatable bonds is 8. The largest absolute Gasteiger partial charge is 0.594 e. The van der Waals surface area contributed by atoms with Crippen LogP contribution in [0, 0.1) is 12.1 Å². The van der Waals surface area contributed by atoms with Gasteiger partial charge in [-0.3, -0.25) is 0 Å². The van der Waals surface area contributed by atoms with E-state index in [1.807, 2.05) is 30.5 Å². The van der Waals surface area contributed by atoms with E-state index >= 15 is 0 Å². The molecule has 0 bridgehead atoms. The number of aromatic nitrogens is 8. The molecule has 0 aliphatic carbocycles. The summed E-state index contributed by atoms with van der Waals surface area (Å²) in [6.45, 7) is 4.62. The molecule has 0 amide bonds. The van der Waals surface area contributed by atoms with Crippen molar-refractivity contribution in [3.8, 4) is 33.9 Å². The van der Waals surface area contributed by atoms with Gasteiger partial charge in [0.15, 0.2) is 5.69 Å². The van der Waals surface area contributed by atoms with E-state index in [-0.39, 0.29) is 0 Å². The summed E-state index contributed by atoms with van der Waals surface area (Å²) in [5.74, 6) is 1.53. The average molecular weight is 467 g/mol. The fourth-order valence-electron chi connectivity index (χ4n) is 4.12. The van der Waals surface area contributed by atoms with Crippen molar-refractivity contribution in [3.63, 3.8) is 0 Å². The van der Waals surface area contributed by atoms with Gasteiger partial charge in [-0.25, -0.2) is 4.98 Å². The van der Waals surface area contributed by atoms with Gasteiger partial charge in [-0.2, -0.15) is 5.21 Å². The Morgan fingerprint density at radius 3 is 2.51 bits per heavy atom. The molecule has 0 unspecified atom stereocenters. The molecule has 0 saturated carbocycles. The first kappa shape index (κ1) is 22.4. The van der Waals surface area contributed by atoms with E-state index in [0.29, 0.717) is 34.3 Å². The summed E-state index contributed by atoms with van der Waals surface area (Å²) in [6.07, 6.45) is 4.91. The number of benzene rings is 2. The first-order valence-corrected chi connectivity index (χ1v) is 11.7. The number of H-pyrrole nitrogens is 1. The van der Waals surface area contributed by atoms with Gasteiger partial charge in [0.2, 0.25) is 5.82 Å². The van der Waals surface area contributed by atoms with Crippen molar-refractivity contribution in [2.45, 2.75) is 39.7 Å². The van der Waals surface area contributed by atoms with Crippen molar-refractivity contribution in [2.24, 2.45) is 0 Å². The number of unbranched alkanes of at least 4 members (excludes halogenated alkanes) is 1. The van der Waals surface area contributed by atoms with Crippen molar-refractivity contribution in [3.05, 3.63) is 89.1 Å². The third-order valence-electron chi connectivity index (χ3n) is 5.94. The third-order valence-corrected chi connectivity index (χ3v) is 5.94. The Kier molecular flexibility index (Phi) is 6.30. The predicted molar refractivity (Wildman–Crippen MR) is 132 cm³/mol. The van der Waals surface area contributed by atoms with Gasteiger partial charge in [0, 0.05) is 35.9 Å². The van der Waals surface area contributed by atoms with Crippen LogP contribution in [0.3, 0.4) is 0 Å². The van der Waals surface area contributed by atoms with Gasteiger partial charge in [-0.15, -0.1) is 10.2 Å². The van der Waals surface area contributed by atoms with Crippen molar-refractivity contribution in [1.29, 1.82) is 0 Å². The van der Waals surface area contributed by atoms with Crippen molar-refractivity contribution >= 4 is 0 Å². The molecule has 3 heterocycles. The number of nitrogens with zero attached hydrogens (tertiary/aromatic N) is 7. The highest BCUT2D eigenvalue weighted by molar-refractivity contribution is 5.80. The summed E-state index contributed by atoms with van der Waals surface area (Å²) in [4.78, 5) is 5.44. The minimum absolute atomic E-state index is 0.459. The van der Waals surface area contributed by atoms with Crippen LogP contribution in [0.5, 0.6) is 0 Å². The van der Waals surface area contributed by atoms with E-state index in [0.717, 1.165) is 47.3 Å². The van der Waals surface area contributed by atoms with E-state index in [1.165, 1.54) is 0 Å².